The molecule has 0 spiro atoms. The van der Waals surface area contributed by atoms with E-state index in [-0.39, 0.29) is 11.8 Å². The molecule has 0 aliphatic rings. The van der Waals surface area contributed by atoms with E-state index in [0.717, 1.165) is 27.7 Å². The second-order valence-corrected chi connectivity index (χ2v) is 7.18. The molecule has 4 aromatic rings. The number of pyridine rings is 1. The van der Waals surface area contributed by atoms with Crippen molar-refractivity contribution in [3.8, 4) is 0 Å². The zero-order valence-electron chi connectivity index (χ0n) is 16.8. The molecule has 0 aliphatic heterocycles. The summed E-state index contributed by atoms with van der Waals surface area (Å²) in [6.07, 6.45) is 1.70. The second-order valence-electron chi connectivity index (χ2n) is 7.18. The van der Waals surface area contributed by atoms with Gasteiger partial charge in [0.05, 0.1) is 11.2 Å². The molecule has 0 bridgehead atoms. The molecule has 5 nitrogen and oxygen atoms in total. The smallest absolute Gasteiger partial charge is 0.255 e. The van der Waals surface area contributed by atoms with Gasteiger partial charge in [0.1, 0.15) is 0 Å². The predicted octanol–water partition coefficient (Wildman–Crippen LogP) is 5.36. The van der Waals surface area contributed by atoms with Crippen LogP contribution in [0.4, 0.5) is 11.4 Å². The average Bonchev–Trinajstić information content (AvgIpc) is 2.76. The summed E-state index contributed by atoms with van der Waals surface area (Å²) in [7, 11) is 0. The summed E-state index contributed by atoms with van der Waals surface area (Å²) in [6, 6.07) is 21.9. The van der Waals surface area contributed by atoms with Crippen LogP contribution in [-0.2, 0) is 0 Å². The van der Waals surface area contributed by atoms with Crippen LogP contribution in [0.15, 0.2) is 79.0 Å². The maximum absolute atomic E-state index is 12.7. The normalized spacial score (nSPS) is 10.6. The Hall–Kier alpha value is -3.99. The molecule has 30 heavy (non-hydrogen) atoms. The highest BCUT2D eigenvalue weighted by Crippen LogP contribution is 2.22. The fraction of sp³-hybridized carbons (Fsp3) is 0.0800. The van der Waals surface area contributed by atoms with Gasteiger partial charge in [0.15, 0.2) is 0 Å². The van der Waals surface area contributed by atoms with Crippen LogP contribution in [0.25, 0.3) is 10.9 Å². The number of nitrogens with one attached hydrogen (secondary N) is 2. The largest absolute Gasteiger partial charge is 0.322 e. The van der Waals surface area contributed by atoms with Crippen molar-refractivity contribution in [2.45, 2.75) is 13.8 Å². The quantitative estimate of drug-likeness (QED) is 0.489. The highest BCUT2D eigenvalue weighted by atomic mass is 16.2. The van der Waals surface area contributed by atoms with Gasteiger partial charge < -0.3 is 10.6 Å². The number of anilines is 2. The van der Waals surface area contributed by atoms with E-state index < -0.39 is 0 Å². The van der Waals surface area contributed by atoms with E-state index in [0.29, 0.717) is 16.8 Å². The first kappa shape index (κ1) is 19.3. The monoisotopic (exact) mass is 395 g/mol. The standard InChI is InChI=1S/C25H21N3O2/c1-16-8-13-21(17(2)15-16)27-24(29)19-9-11-20(12-10-19)25(30)28-22-7-3-5-18-6-4-14-26-23(18)22/h3-15H,1-2H3,(H,27,29)(H,28,30). The number of carbonyl (C=O) groups is 2. The van der Waals surface area contributed by atoms with Crippen LogP contribution in [0.1, 0.15) is 31.8 Å². The number of nitrogens with zero attached hydrogens (tertiary/aromatic N) is 1. The highest BCUT2D eigenvalue weighted by molar-refractivity contribution is 6.09. The van der Waals surface area contributed by atoms with Gasteiger partial charge in [-0.3, -0.25) is 14.6 Å². The number of aryl methyl sites for hydroxylation is 2. The Kier molecular flexibility index (Phi) is 5.26. The molecule has 1 heterocycles. The maximum atomic E-state index is 12.7. The third-order valence-corrected chi connectivity index (χ3v) is 4.92. The van der Waals surface area contributed by atoms with E-state index in [2.05, 4.69) is 15.6 Å². The zero-order chi connectivity index (χ0) is 21.1. The lowest BCUT2D eigenvalue weighted by Crippen LogP contribution is -2.15. The molecule has 0 unspecified atom stereocenters. The third-order valence-electron chi connectivity index (χ3n) is 4.92. The number of aromatic nitrogens is 1. The molecule has 0 atom stereocenters. The first-order chi connectivity index (χ1) is 14.5. The van der Waals surface area contributed by atoms with Crippen molar-refractivity contribution in [2.24, 2.45) is 0 Å². The van der Waals surface area contributed by atoms with Crippen LogP contribution in [0, 0.1) is 13.8 Å². The van der Waals surface area contributed by atoms with E-state index >= 15 is 0 Å². The van der Waals surface area contributed by atoms with E-state index in [1.165, 1.54) is 0 Å². The number of hydrogen-bond donors (Lipinski definition) is 2. The summed E-state index contributed by atoms with van der Waals surface area (Å²) in [5.74, 6) is -0.471. The highest BCUT2D eigenvalue weighted by Gasteiger charge is 2.12. The number of carbonyl (C=O) groups excluding carboxylic acids is 2. The van der Waals surface area contributed by atoms with Crippen LogP contribution in [0.3, 0.4) is 0 Å². The first-order valence-corrected chi connectivity index (χ1v) is 9.65. The summed E-state index contributed by atoms with van der Waals surface area (Å²) in [4.78, 5) is 29.6. The summed E-state index contributed by atoms with van der Waals surface area (Å²) < 4.78 is 0. The molecule has 2 N–H and O–H groups in total. The van der Waals surface area contributed by atoms with Gasteiger partial charge in [0.2, 0.25) is 0 Å². The third kappa shape index (κ3) is 4.05. The number of amides is 2. The Morgan fingerprint density at radius 3 is 2.03 bits per heavy atom. The molecule has 0 fully saturated rings. The number of para-hydroxylation sites is 1. The topological polar surface area (TPSA) is 71.1 Å². The van der Waals surface area contributed by atoms with Gasteiger partial charge in [-0.15, -0.1) is 0 Å². The van der Waals surface area contributed by atoms with Gasteiger partial charge in [-0.1, -0.05) is 35.9 Å². The van der Waals surface area contributed by atoms with Crippen molar-refractivity contribution in [3.63, 3.8) is 0 Å². The summed E-state index contributed by atoms with van der Waals surface area (Å²) in [5.41, 5.74) is 5.25. The Labute approximate surface area is 174 Å². The molecule has 4 rings (SSSR count). The number of hydrogen-bond acceptors (Lipinski definition) is 3. The summed E-state index contributed by atoms with van der Waals surface area (Å²) >= 11 is 0. The maximum Gasteiger partial charge on any atom is 0.255 e. The minimum Gasteiger partial charge on any atom is -0.322 e. The zero-order valence-corrected chi connectivity index (χ0v) is 16.8. The van der Waals surface area contributed by atoms with Crippen molar-refractivity contribution in [3.05, 3.63) is 101 Å². The molecule has 1 aromatic heterocycles. The van der Waals surface area contributed by atoms with E-state index in [4.69, 9.17) is 0 Å². The Morgan fingerprint density at radius 2 is 1.37 bits per heavy atom. The lowest BCUT2D eigenvalue weighted by Gasteiger charge is -2.10. The van der Waals surface area contributed by atoms with E-state index in [1.54, 1.807) is 30.5 Å². The van der Waals surface area contributed by atoms with Crippen LogP contribution < -0.4 is 10.6 Å². The van der Waals surface area contributed by atoms with Gasteiger partial charge in [0, 0.05) is 28.4 Å². The van der Waals surface area contributed by atoms with E-state index in [9.17, 15) is 9.59 Å². The second kappa shape index (κ2) is 8.17. The molecule has 0 aliphatic carbocycles. The minimum absolute atomic E-state index is 0.216. The molecule has 3 aromatic carbocycles. The Bertz CT molecular complexity index is 1240. The minimum atomic E-state index is -0.255. The summed E-state index contributed by atoms with van der Waals surface area (Å²) in [5, 5.41) is 6.77. The fourth-order valence-electron chi connectivity index (χ4n) is 3.32. The van der Waals surface area contributed by atoms with Crippen LogP contribution in [0.5, 0.6) is 0 Å². The molecule has 2 amide bonds. The van der Waals surface area contributed by atoms with Gasteiger partial charge in [-0.2, -0.15) is 0 Å². The lowest BCUT2D eigenvalue weighted by atomic mass is 10.1. The molecule has 0 saturated carbocycles. The Balaban J connectivity index is 1.48. The first-order valence-electron chi connectivity index (χ1n) is 9.65. The van der Waals surface area contributed by atoms with Crippen LogP contribution in [-0.4, -0.2) is 16.8 Å². The molecule has 5 heteroatoms. The van der Waals surface area contributed by atoms with Gasteiger partial charge in [0.25, 0.3) is 11.8 Å². The molecular weight excluding hydrogens is 374 g/mol. The van der Waals surface area contributed by atoms with Crippen molar-refractivity contribution >= 4 is 34.1 Å². The molecule has 0 saturated heterocycles. The molecular formula is C25H21N3O2. The predicted molar refractivity (Wildman–Crippen MR) is 120 cm³/mol. The lowest BCUT2D eigenvalue weighted by molar-refractivity contribution is 0.101. The van der Waals surface area contributed by atoms with Crippen molar-refractivity contribution in [1.29, 1.82) is 0 Å². The van der Waals surface area contributed by atoms with E-state index in [1.807, 2.05) is 62.4 Å². The number of benzene rings is 3. The van der Waals surface area contributed by atoms with Crippen LogP contribution in [0.2, 0.25) is 0 Å². The fourth-order valence-corrected chi connectivity index (χ4v) is 3.32. The molecule has 0 radical (unpaired) electrons. The van der Waals surface area contributed by atoms with Gasteiger partial charge in [-0.25, -0.2) is 0 Å². The van der Waals surface area contributed by atoms with Crippen molar-refractivity contribution in [2.75, 3.05) is 10.6 Å². The van der Waals surface area contributed by atoms with Gasteiger partial charge >= 0.3 is 0 Å². The molecule has 148 valence electrons. The number of rotatable bonds is 4. The summed E-state index contributed by atoms with van der Waals surface area (Å²) in [6.45, 7) is 3.97. The average molecular weight is 395 g/mol. The van der Waals surface area contributed by atoms with Crippen molar-refractivity contribution < 1.29 is 9.59 Å². The SMILES string of the molecule is Cc1ccc(NC(=O)c2ccc(C(=O)Nc3cccc4cccnc34)cc2)c(C)c1. The Morgan fingerprint density at radius 1 is 0.733 bits per heavy atom. The van der Waals surface area contributed by atoms with Gasteiger partial charge in [-0.05, 0) is 61.9 Å². The van der Waals surface area contributed by atoms with Crippen molar-refractivity contribution in [1.82, 2.24) is 4.98 Å². The van der Waals surface area contributed by atoms with Crippen LogP contribution >= 0.6 is 0 Å². The number of fused-ring (bicyclic) bond motifs is 1.